The zero-order valence-electron chi connectivity index (χ0n) is 17.3. The van der Waals surface area contributed by atoms with Gasteiger partial charge >= 0.3 is 0 Å². The molecular formula is C22H18BrCl3N6S. The number of benzene rings is 2. The number of rotatable bonds is 6. The second-order valence-electron chi connectivity index (χ2n) is 7.26. The second-order valence-corrected chi connectivity index (χ2v) is 9.77. The van der Waals surface area contributed by atoms with Gasteiger partial charge in [-0.15, -0.1) is 0 Å². The van der Waals surface area contributed by atoms with Crippen molar-refractivity contribution in [3.05, 3.63) is 91.1 Å². The summed E-state index contributed by atoms with van der Waals surface area (Å²) in [7, 11) is 0. The molecule has 0 saturated carbocycles. The number of nitrogens with zero attached hydrogens (tertiary/aromatic N) is 4. The molecule has 2 aromatic carbocycles. The smallest absolute Gasteiger partial charge is 0.177 e. The molecule has 11 heteroatoms. The fourth-order valence-corrected chi connectivity index (χ4v) is 4.44. The first-order chi connectivity index (χ1) is 15.8. The lowest BCUT2D eigenvalue weighted by Gasteiger charge is -2.08. The summed E-state index contributed by atoms with van der Waals surface area (Å²) in [5.41, 5.74) is 2.85. The Balaban J connectivity index is 1.41. The van der Waals surface area contributed by atoms with E-state index in [4.69, 9.17) is 47.0 Å². The number of halogens is 4. The van der Waals surface area contributed by atoms with Gasteiger partial charge in [0.1, 0.15) is 0 Å². The van der Waals surface area contributed by atoms with Gasteiger partial charge in [-0.25, -0.2) is 0 Å². The topological polar surface area (TPSA) is 59.7 Å². The van der Waals surface area contributed by atoms with Gasteiger partial charge in [0.05, 0.1) is 17.6 Å². The molecule has 0 amide bonds. The van der Waals surface area contributed by atoms with Crippen molar-refractivity contribution in [1.29, 1.82) is 0 Å². The number of aromatic nitrogens is 4. The maximum Gasteiger partial charge on any atom is 0.177 e. The summed E-state index contributed by atoms with van der Waals surface area (Å²) in [6.45, 7) is 3.02. The van der Waals surface area contributed by atoms with Gasteiger partial charge in [-0.1, -0.05) is 59.1 Å². The van der Waals surface area contributed by atoms with Crippen molar-refractivity contribution in [2.45, 2.75) is 20.0 Å². The number of hydrogen-bond donors (Lipinski definition) is 2. The molecule has 2 N–H and O–H groups in total. The lowest BCUT2D eigenvalue weighted by atomic mass is 10.2. The fourth-order valence-electron chi connectivity index (χ4n) is 3.16. The molecule has 2 heterocycles. The van der Waals surface area contributed by atoms with Crippen molar-refractivity contribution in [3.63, 3.8) is 0 Å². The van der Waals surface area contributed by atoms with Gasteiger partial charge in [0, 0.05) is 33.0 Å². The lowest BCUT2D eigenvalue weighted by molar-refractivity contribution is 0.668. The predicted octanol–water partition coefficient (Wildman–Crippen LogP) is 7.02. The molecule has 2 aromatic heterocycles. The van der Waals surface area contributed by atoms with E-state index in [9.17, 15) is 0 Å². The van der Waals surface area contributed by atoms with Crippen molar-refractivity contribution < 1.29 is 0 Å². The molecule has 170 valence electrons. The summed E-state index contributed by atoms with van der Waals surface area (Å²) in [6, 6.07) is 15.0. The highest BCUT2D eigenvalue weighted by atomic mass is 79.9. The predicted molar refractivity (Wildman–Crippen MR) is 143 cm³/mol. The Labute approximate surface area is 220 Å². The van der Waals surface area contributed by atoms with Crippen molar-refractivity contribution in [2.24, 2.45) is 0 Å². The standard InChI is InChI=1S/C22H18BrCl3N6S/c1-13-8-20(29-32(13)11-15-6-7-16(24)9-19(15)26)27-22(33)28-21-17(23)12-31(30-21)10-14-4-2-3-5-18(14)25/h2-9,12H,10-11H2,1H3,(H2,27,28,29,30,33). The molecule has 0 radical (unpaired) electrons. The molecule has 0 atom stereocenters. The van der Waals surface area contributed by atoms with E-state index in [0.717, 1.165) is 21.3 Å². The summed E-state index contributed by atoms with van der Waals surface area (Å²) in [5, 5.41) is 17.6. The average Bonchev–Trinajstić information content (AvgIpc) is 3.27. The number of anilines is 2. The first-order valence-corrected chi connectivity index (χ1v) is 12.1. The van der Waals surface area contributed by atoms with Gasteiger partial charge in [0.25, 0.3) is 0 Å². The molecule has 0 aliphatic carbocycles. The van der Waals surface area contributed by atoms with E-state index in [-0.39, 0.29) is 0 Å². The van der Waals surface area contributed by atoms with Crippen LogP contribution in [0.25, 0.3) is 0 Å². The zero-order valence-corrected chi connectivity index (χ0v) is 22.0. The van der Waals surface area contributed by atoms with Gasteiger partial charge in [-0.2, -0.15) is 10.2 Å². The summed E-state index contributed by atoms with van der Waals surface area (Å²) in [4.78, 5) is 0. The third-order valence-corrected chi connectivity index (χ3v) is 6.54. The normalized spacial score (nSPS) is 10.9. The summed E-state index contributed by atoms with van der Waals surface area (Å²) in [5.74, 6) is 1.20. The van der Waals surface area contributed by atoms with Crippen LogP contribution >= 0.6 is 63.0 Å². The number of nitrogens with one attached hydrogen (secondary N) is 2. The number of thiocarbonyl (C=S) groups is 1. The molecule has 0 saturated heterocycles. The SMILES string of the molecule is Cc1cc(NC(=S)Nc2nn(Cc3ccccc3Cl)cc2Br)nn1Cc1ccc(Cl)cc1Cl. The van der Waals surface area contributed by atoms with E-state index in [1.807, 2.05) is 60.3 Å². The Hall–Kier alpha value is -2.10. The van der Waals surface area contributed by atoms with E-state index in [0.29, 0.717) is 44.9 Å². The van der Waals surface area contributed by atoms with Crippen LogP contribution in [0.15, 0.2) is 59.2 Å². The van der Waals surface area contributed by atoms with Crippen LogP contribution in [0.4, 0.5) is 11.6 Å². The van der Waals surface area contributed by atoms with Crippen LogP contribution in [0, 0.1) is 6.92 Å². The Morgan fingerprint density at radius 2 is 1.73 bits per heavy atom. The van der Waals surface area contributed by atoms with Crippen LogP contribution in [0.2, 0.25) is 15.1 Å². The molecular weight excluding hydrogens is 567 g/mol. The minimum absolute atomic E-state index is 0.368. The van der Waals surface area contributed by atoms with Crippen LogP contribution < -0.4 is 10.6 Å². The molecule has 0 fully saturated rings. The summed E-state index contributed by atoms with van der Waals surface area (Å²) in [6.07, 6.45) is 1.86. The quantitative estimate of drug-likeness (QED) is 0.239. The number of hydrogen-bond acceptors (Lipinski definition) is 3. The summed E-state index contributed by atoms with van der Waals surface area (Å²) < 4.78 is 4.40. The van der Waals surface area contributed by atoms with Crippen molar-refractivity contribution in [1.82, 2.24) is 19.6 Å². The van der Waals surface area contributed by atoms with E-state index in [1.54, 1.807) is 10.7 Å². The van der Waals surface area contributed by atoms with Crippen LogP contribution in [0.1, 0.15) is 16.8 Å². The van der Waals surface area contributed by atoms with Gasteiger partial charge in [-0.3, -0.25) is 9.36 Å². The molecule has 4 rings (SSSR count). The average molecular weight is 585 g/mol. The second kappa shape index (κ2) is 10.4. The summed E-state index contributed by atoms with van der Waals surface area (Å²) >= 11 is 27.5. The molecule has 0 unspecified atom stereocenters. The third kappa shape index (κ3) is 6.07. The van der Waals surface area contributed by atoms with Gasteiger partial charge in [0.2, 0.25) is 0 Å². The first kappa shape index (κ1) is 24.0. The molecule has 4 aromatic rings. The molecule has 33 heavy (non-hydrogen) atoms. The van der Waals surface area contributed by atoms with Crippen LogP contribution in [-0.2, 0) is 13.1 Å². The highest BCUT2D eigenvalue weighted by molar-refractivity contribution is 9.10. The van der Waals surface area contributed by atoms with Gasteiger partial charge < -0.3 is 10.6 Å². The molecule has 0 bridgehead atoms. The van der Waals surface area contributed by atoms with Gasteiger partial charge in [0.15, 0.2) is 16.7 Å². The van der Waals surface area contributed by atoms with E-state index >= 15 is 0 Å². The highest BCUT2D eigenvalue weighted by Gasteiger charge is 2.12. The largest absolute Gasteiger partial charge is 0.316 e. The maximum atomic E-state index is 6.30. The van der Waals surface area contributed by atoms with E-state index < -0.39 is 0 Å². The fraction of sp³-hybridized carbons (Fsp3) is 0.136. The van der Waals surface area contributed by atoms with Crippen molar-refractivity contribution in [3.8, 4) is 0 Å². The Bertz CT molecular complexity index is 1320. The minimum Gasteiger partial charge on any atom is -0.316 e. The lowest BCUT2D eigenvalue weighted by Crippen LogP contribution is -2.20. The Kier molecular flexibility index (Phi) is 7.61. The highest BCUT2D eigenvalue weighted by Crippen LogP contribution is 2.24. The minimum atomic E-state index is 0.368. The first-order valence-electron chi connectivity index (χ1n) is 9.81. The van der Waals surface area contributed by atoms with Crippen molar-refractivity contribution in [2.75, 3.05) is 10.6 Å². The van der Waals surface area contributed by atoms with Gasteiger partial charge in [-0.05, 0) is 64.4 Å². The van der Waals surface area contributed by atoms with Crippen LogP contribution in [0.5, 0.6) is 0 Å². The third-order valence-electron chi connectivity index (χ3n) is 4.80. The zero-order chi connectivity index (χ0) is 23.5. The van der Waals surface area contributed by atoms with E-state index in [2.05, 4.69) is 36.8 Å². The van der Waals surface area contributed by atoms with Crippen molar-refractivity contribution >= 4 is 79.7 Å². The van der Waals surface area contributed by atoms with Crippen LogP contribution in [0.3, 0.4) is 0 Å². The molecule has 6 nitrogen and oxygen atoms in total. The Morgan fingerprint density at radius 3 is 2.48 bits per heavy atom. The number of aryl methyl sites for hydroxylation is 1. The molecule has 0 aliphatic heterocycles. The molecule has 0 spiro atoms. The monoisotopic (exact) mass is 582 g/mol. The Morgan fingerprint density at radius 1 is 0.970 bits per heavy atom. The van der Waals surface area contributed by atoms with E-state index in [1.165, 1.54) is 0 Å². The van der Waals surface area contributed by atoms with Crippen LogP contribution in [-0.4, -0.2) is 24.7 Å². The molecule has 0 aliphatic rings. The maximum absolute atomic E-state index is 6.30.